The summed E-state index contributed by atoms with van der Waals surface area (Å²) in [5, 5.41) is 0.558. The van der Waals surface area contributed by atoms with Crippen LogP contribution in [-0.2, 0) is 0 Å². The third kappa shape index (κ3) is 2.88. The number of rotatable bonds is 5. The zero-order valence-electron chi connectivity index (χ0n) is 11.9. The fourth-order valence-electron chi connectivity index (χ4n) is 2.72. The average molecular weight is 301 g/mol. The van der Waals surface area contributed by atoms with Gasteiger partial charge in [-0.1, -0.05) is 11.3 Å². The van der Waals surface area contributed by atoms with Crippen molar-refractivity contribution in [1.82, 2.24) is 9.88 Å². The summed E-state index contributed by atoms with van der Waals surface area (Å²) >= 11 is 1.44. The Balaban J connectivity index is 1.58. The summed E-state index contributed by atoms with van der Waals surface area (Å²) in [6, 6.07) is 5.73. The molecule has 1 amide bonds. The Bertz CT molecular complexity index is 674. The van der Waals surface area contributed by atoms with Crippen molar-refractivity contribution in [2.75, 3.05) is 18.8 Å². The summed E-state index contributed by atoms with van der Waals surface area (Å²) in [5.74, 6) is 1.63. The Labute approximate surface area is 128 Å². The van der Waals surface area contributed by atoms with Crippen molar-refractivity contribution in [3.8, 4) is 0 Å². The van der Waals surface area contributed by atoms with E-state index in [-0.39, 0.29) is 5.91 Å². The highest BCUT2D eigenvalue weighted by Crippen LogP contribution is 2.34. The summed E-state index contributed by atoms with van der Waals surface area (Å²) in [6.45, 7) is 1.86. The summed E-state index contributed by atoms with van der Waals surface area (Å²) in [6.07, 6.45) is 5.11. The van der Waals surface area contributed by atoms with Crippen molar-refractivity contribution < 1.29 is 4.79 Å². The average Bonchev–Trinajstić information content (AvgIpc) is 3.37. The van der Waals surface area contributed by atoms with E-state index >= 15 is 0 Å². The third-order valence-electron chi connectivity index (χ3n) is 4.29. The van der Waals surface area contributed by atoms with Crippen LogP contribution in [0, 0.1) is 11.8 Å². The highest BCUT2D eigenvalue weighted by molar-refractivity contribution is 7.22. The maximum absolute atomic E-state index is 12.8. The standard InChI is InChI=1S/C16H19N3OS/c17-16-18-13-6-5-12(7-14(13)21-16)15(20)19(8-10-1-2-10)9-11-3-4-11/h5-7,10-11H,1-4,8-9H2,(H2,17,18). The molecule has 0 spiro atoms. The second-order valence-corrected chi connectivity index (χ2v) is 7.39. The minimum Gasteiger partial charge on any atom is -0.375 e. The molecule has 5 heteroatoms. The van der Waals surface area contributed by atoms with Crippen molar-refractivity contribution in [2.24, 2.45) is 11.8 Å². The van der Waals surface area contributed by atoms with Crippen molar-refractivity contribution in [3.63, 3.8) is 0 Å². The molecule has 0 saturated heterocycles. The number of carbonyl (C=O) groups is 1. The molecule has 0 unspecified atom stereocenters. The van der Waals surface area contributed by atoms with E-state index in [2.05, 4.69) is 9.88 Å². The van der Waals surface area contributed by atoms with Gasteiger partial charge in [-0.15, -0.1) is 0 Å². The number of amides is 1. The lowest BCUT2D eigenvalue weighted by Gasteiger charge is -2.22. The Morgan fingerprint density at radius 1 is 1.24 bits per heavy atom. The van der Waals surface area contributed by atoms with E-state index in [1.165, 1.54) is 37.0 Å². The smallest absolute Gasteiger partial charge is 0.253 e. The molecule has 1 heterocycles. The van der Waals surface area contributed by atoms with Crippen LogP contribution in [-0.4, -0.2) is 28.9 Å². The van der Waals surface area contributed by atoms with Crippen LogP contribution in [0.25, 0.3) is 10.2 Å². The first-order valence-electron chi connectivity index (χ1n) is 7.64. The molecule has 2 N–H and O–H groups in total. The van der Waals surface area contributed by atoms with Gasteiger partial charge in [-0.2, -0.15) is 0 Å². The van der Waals surface area contributed by atoms with Crippen molar-refractivity contribution in [2.45, 2.75) is 25.7 Å². The molecule has 1 aromatic heterocycles. The van der Waals surface area contributed by atoms with Gasteiger partial charge < -0.3 is 10.6 Å². The Morgan fingerprint density at radius 2 is 1.90 bits per heavy atom. The van der Waals surface area contributed by atoms with E-state index in [9.17, 15) is 4.79 Å². The number of nitrogens with zero attached hydrogens (tertiary/aromatic N) is 2. The topological polar surface area (TPSA) is 59.2 Å². The molecule has 4 rings (SSSR count). The zero-order chi connectivity index (χ0) is 14.4. The summed E-state index contributed by atoms with van der Waals surface area (Å²) in [5.41, 5.74) is 7.39. The molecular formula is C16H19N3OS. The van der Waals surface area contributed by atoms with Crippen LogP contribution in [0.5, 0.6) is 0 Å². The molecule has 2 saturated carbocycles. The molecular weight excluding hydrogens is 282 g/mol. The Morgan fingerprint density at radius 3 is 2.52 bits per heavy atom. The highest BCUT2D eigenvalue weighted by Gasteiger charge is 2.31. The van der Waals surface area contributed by atoms with Crippen LogP contribution >= 0.6 is 11.3 Å². The van der Waals surface area contributed by atoms with Gasteiger partial charge in [0.15, 0.2) is 5.13 Å². The lowest BCUT2D eigenvalue weighted by atomic mass is 10.1. The Kier molecular flexibility index (Phi) is 3.10. The molecule has 4 nitrogen and oxygen atoms in total. The highest BCUT2D eigenvalue weighted by atomic mass is 32.1. The van der Waals surface area contributed by atoms with Crippen LogP contribution in [0.2, 0.25) is 0 Å². The number of hydrogen-bond acceptors (Lipinski definition) is 4. The molecule has 2 fully saturated rings. The largest absolute Gasteiger partial charge is 0.375 e. The lowest BCUT2D eigenvalue weighted by molar-refractivity contribution is 0.0740. The van der Waals surface area contributed by atoms with E-state index in [4.69, 9.17) is 5.73 Å². The second-order valence-electron chi connectivity index (χ2n) is 6.33. The molecule has 0 bridgehead atoms. The number of hydrogen-bond donors (Lipinski definition) is 1. The minimum atomic E-state index is 0.169. The predicted molar refractivity (Wildman–Crippen MR) is 85.4 cm³/mol. The van der Waals surface area contributed by atoms with Crippen molar-refractivity contribution in [1.29, 1.82) is 0 Å². The summed E-state index contributed by atoms with van der Waals surface area (Å²) in [4.78, 5) is 19.1. The minimum absolute atomic E-state index is 0.169. The number of benzene rings is 1. The molecule has 2 aliphatic carbocycles. The molecule has 0 aliphatic heterocycles. The molecule has 0 radical (unpaired) electrons. The molecule has 21 heavy (non-hydrogen) atoms. The van der Waals surface area contributed by atoms with Gasteiger partial charge in [0.25, 0.3) is 5.91 Å². The first kappa shape index (κ1) is 13.1. The van der Waals surface area contributed by atoms with Gasteiger partial charge in [-0.25, -0.2) is 4.98 Å². The fraction of sp³-hybridized carbons (Fsp3) is 0.500. The number of nitrogens with two attached hydrogens (primary N) is 1. The third-order valence-corrected chi connectivity index (χ3v) is 5.14. The number of nitrogen functional groups attached to an aromatic ring is 1. The summed E-state index contributed by atoms with van der Waals surface area (Å²) in [7, 11) is 0. The van der Waals surface area contributed by atoms with Gasteiger partial charge in [-0.05, 0) is 55.7 Å². The fourth-order valence-corrected chi connectivity index (χ4v) is 3.50. The van der Waals surface area contributed by atoms with Crippen LogP contribution < -0.4 is 5.73 Å². The van der Waals surface area contributed by atoms with Crippen LogP contribution in [0.15, 0.2) is 18.2 Å². The van der Waals surface area contributed by atoms with Gasteiger partial charge >= 0.3 is 0 Å². The molecule has 2 aromatic rings. The molecule has 1 aromatic carbocycles. The van der Waals surface area contributed by atoms with E-state index in [0.29, 0.717) is 5.13 Å². The van der Waals surface area contributed by atoms with Gasteiger partial charge in [0.05, 0.1) is 10.2 Å². The predicted octanol–water partition coefficient (Wildman–Crippen LogP) is 3.14. The van der Waals surface area contributed by atoms with Crippen molar-refractivity contribution >= 4 is 32.6 Å². The number of thiazole rings is 1. The maximum atomic E-state index is 12.8. The van der Waals surface area contributed by atoms with Gasteiger partial charge in [-0.3, -0.25) is 4.79 Å². The first-order valence-corrected chi connectivity index (χ1v) is 8.46. The maximum Gasteiger partial charge on any atom is 0.253 e. The van der Waals surface area contributed by atoms with Crippen molar-refractivity contribution in [3.05, 3.63) is 23.8 Å². The second kappa shape index (κ2) is 4.98. The van der Waals surface area contributed by atoms with Crippen LogP contribution in [0.3, 0.4) is 0 Å². The van der Waals surface area contributed by atoms with E-state index in [1.807, 2.05) is 18.2 Å². The first-order chi connectivity index (χ1) is 10.2. The normalized spacial score (nSPS) is 18.1. The zero-order valence-corrected chi connectivity index (χ0v) is 12.7. The quantitative estimate of drug-likeness (QED) is 0.923. The molecule has 2 aliphatic rings. The van der Waals surface area contributed by atoms with Gasteiger partial charge in [0.1, 0.15) is 0 Å². The molecule has 0 atom stereocenters. The summed E-state index contributed by atoms with van der Waals surface area (Å²) < 4.78 is 0.996. The van der Waals surface area contributed by atoms with Crippen LogP contribution in [0.4, 0.5) is 5.13 Å². The van der Waals surface area contributed by atoms with E-state index in [0.717, 1.165) is 40.7 Å². The number of aromatic nitrogens is 1. The Hall–Kier alpha value is -1.62. The lowest BCUT2D eigenvalue weighted by Crippen LogP contribution is -2.34. The van der Waals surface area contributed by atoms with Gasteiger partial charge in [0, 0.05) is 18.7 Å². The van der Waals surface area contributed by atoms with Gasteiger partial charge in [0.2, 0.25) is 0 Å². The SMILES string of the molecule is Nc1nc2ccc(C(=O)N(CC3CC3)CC3CC3)cc2s1. The molecule has 110 valence electrons. The van der Waals surface area contributed by atoms with Crippen LogP contribution in [0.1, 0.15) is 36.0 Å². The number of carbonyl (C=O) groups excluding carboxylic acids is 1. The number of fused-ring (bicyclic) bond motifs is 1. The van der Waals surface area contributed by atoms with E-state index < -0.39 is 0 Å². The van der Waals surface area contributed by atoms with E-state index in [1.54, 1.807) is 0 Å². The monoisotopic (exact) mass is 301 g/mol. The number of anilines is 1.